The van der Waals surface area contributed by atoms with Crippen LogP contribution >= 0.6 is 0 Å². The second-order valence-electron chi connectivity index (χ2n) is 22.8. The molecule has 2 aliphatic rings. The van der Waals surface area contributed by atoms with Gasteiger partial charge in [-0.15, -0.1) is 0 Å². The molecule has 0 aromatic heterocycles. The second kappa shape index (κ2) is 31.1. The number of benzene rings is 1. The fourth-order valence-corrected chi connectivity index (χ4v) is 8.96. The largest absolute Gasteiger partial charge is 0.494 e. The summed E-state index contributed by atoms with van der Waals surface area (Å²) in [6, 6.07) is 6.12. The maximum atomic E-state index is 13.4. The first-order valence-electron chi connectivity index (χ1n) is 26.1. The minimum Gasteiger partial charge on any atom is -0.494 e. The van der Waals surface area contributed by atoms with Gasteiger partial charge in [0.2, 0.25) is 0 Å². The SMILES string of the molecule is CC(C)(C)C(C(=O)O)N1CCNCCN(C(C(=O)O)C(C)(C)C)CCNCC1.CCOC(=O)C(Cc1ccc(OCC)cc1)N1CCN(CC(=O)OC(C)(C)C)CCNCCN(CC(=O)OC(C)(C)C)CC1. The lowest BCUT2D eigenvalue weighted by Gasteiger charge is -2.39. The molecule has 5 N–H and O–H groups in total. The summed E-state index contributed by atoms with van der Waals surface area (Å²) in [7, 11) is 0. The zero-order valence-corrected chi connectivity index (χ0v) is 46.7. The van der Waals surface area contributed by atoms with Gasteiger partial charge in [-0.25, -0.2) is 0 Å². The van der Waals surface area contributed by atoms with Crippen molar-refractivity contribution in [3.8, 4) is 5.75 Å². The Balaban J connectivity index is 0.000000546. The number of esters is 3. The van der Waals surface area contributed by atoms with Crippen molar-refractivity contribution < 1.29 is 53.1 Å². The van der Waals surface area contributed by atoms with Gasteiger partial charge in [0.15, 0.2) is 0 Å². The van der Waals surface area contributed by atoms with E-state index in [0.717, 1.165) is 11.3 Å². The Hall–Kier alpha value is -3.95. The van der Waals surface area contributed by atoms with E-state index in [-0.39, 0.29) is 48.4 Å². The molecule has 0 aliphatic carbocycles. The minimum absolute atomic E-state index is 0.153. The molecule has 0 radical (unpaired) electrons. The highest BCUT2D eigenvalue weighted by molar-refractivity contribution is 5.77. The van der Waals surface area contributed by atoms with Crippen molar-refractivity contribution in [2.24, 2.45) is 10.8 Å². The van der Waals surface area contributed by atoms with Crippen molar-refractivity contribution in [3.63, 3.8) is 0 Å². The van der Waals surface area contributed by atoms with E-state index in [1.807, 2.05) is 124 Å². The third-order valence-corrected chi connectivity index (χ3v) is 12.0. The summed E-state index contributed by atoms with van der Waals surface area (Å²) >= 11 is 0. The quantitative estimate of drug-likeness (QED) is 0.126. The van der Waals surface area contributed by atoms with Crippen LogP contribution in [0.5, 0.6) is 5.75 Å². The summed E-state index contributed by atoms with van der Waals surface area (Å²) in [5.74, 6) is -1.67. The Labute approximate surface area is 432 Å². The Bertz CT molecular complexity index is 1670. The Morgan fingerprint density at radius 3 is 1.22 bits per heavy atom. The van der Waals surface area contributed by atoms with E-state index in [9.17, 15) is 34.2 Å². The molecule has 0 bridgehead atoms. The van der Waals surface area contributed by atoms with E-state index >= 15 is 0 Å². The van der Waals surface area contributed by atoms with E-state index in [0.29, 0.717) is 118 Å². The van der Waals surface area contributed by atoms with Gasteiger partial charge in [-0.1, -0.05) is 53.7 Å². The number of nitrogens with one attached hydrogen (secondary N) is 3. The van der Waals surface area contributed by atoms with Gasteiger partial charge >= 0.3 is 29.8 Å². The van der Waals surface area contributed by atoms with E-state index in [1.54, 1.807) is 6.92 Å². The molecular formula is C53H96N8O11. The van der Waals surface area contributed by atoms with Crippen molar-refractivity contribution in [1.29, 1.82) is 0 Å². The number of rotatable bonds is 15. The molecule has 1 aromatic rings. The van der Waals surface area contributed by atoms with Gasteiger partial charge in [-0.05, 0) is 90.3 Å². The molecule has 3 unspecified atom stereocenters. The number of carbonyl (C=O) groups is 5. The van der Waals surface area contributed by atoms with Crippen LogP contribution in [0.1, 0.15) is 102 Å². The first kappa shape index (κ1) is 64.2. The highest BCUT2D eigenvalue weighted by atomic mass is 16.6. The van der Waals surface area contributed by atoms with Gasteiger partial charge in [0.1, 0.15) is 35.1 Å². The van der Waals surface area contributed by atoms with E-state index in [2.05, 4.69) is 30.7 Å². The molecule has 2 saturated heterocycles. The van der Waals surface area contributed by atoms with Crippen LogP contribution in [0.4, 0.5) is 0 Å². The normalized spacial score (nSPS) is 19.2. The molecule has 0 spiro atoms. The third kappa shape index (κ3) is 25.8. The number of aliphatic carboxylic acids is 2. The number of hydrogen-bond donors (Lipinski definition) is 5. The maximum Gasteiger partial charge on any atom is 0.323 e. The maximum absolute atomic E-state index is 13.4. The van der Waals surface area contributed by atoms with E-state index < -0.39 is 41.3 Å². The number of carbonyl (C=O) groups excluding carboxylic acids is 3. The summed E-state index contributed by atoms with van der Waals surface area (Å²) in [6.07, 6.45) is 0.449. The van der Waals surface area contributed by atoms with Gasteiger partial charge in [0, 0.05) is 105 Å². The predicted molar refractivity (Wildman–Crippen MR) is 281 cm³/mol. The third-order valence-electron chi connectivity index (χ3n) is 12.0. The predicted octanol–water partition coefficient (Wildman–Crippen LogP) is 3.53. The van der Waals surface area contributed by atoms with Gasteiger partial charge in [-0.2, -0.15) is 0 Å². The van der Waals surface area contributed by atoms with Crippen molar-refractivity contribution in [2.75, 3.05) is 131 Å². The van der Waals surface area contributed by atoms with Gasteiger partial charge < -0.3 is 45.1 Å². The zero-order valence-electron chi connectivity index (χ0n) is 46.7. The molecule has 19 nitrogen and oxygen atoms in total. The van der Waals surface area contributed by atoms with Crippen molar-refractivity contribution in [1.82, 2.24) is 40.4 Å². The van der Waals surface area contributed by atoms with Gasteiger partial charge in [-0.3, -0.25) is 48.5 Å². The Morgan fingerprint density at radius 1 is 0.528 bits per heavy atom. The van der Waals surface area contributed by atoms with E-state index in [1.165, 1.54) is 0 Å². The molecule has 0 amide bonds. The van der Waals surface area contributed by atoms with Gasteiger partial charge in [0.25, 0.3) is 0 Å². The van der Waals surface area contributed by atoms with Crippen LogP contribution in [-0.4, -0.2) is 225 Å². The molecule has 0 saturated carbocycles. The van der Waals surface area contributed by atoms with Crippen LogP contribution in [0.2, 0.25) is 0 Å². The zero-order chi connectivity index (χ0) is 54.3. The van der Waals surface area contributed by atoms with Crippen molar-refractivity contribution in [2.45, 2.75) is 133 Å². The smallest absolute Gasteiger partial charge is 0.323 e. The van der Waals surface area contributed by atoms with Crippen LogP contribution < -0.4 is 20.7 Å². The molecular weight excluding hydrogens is 925 g/mol. The molecule has 2 fully saturated rings. The summed E-state index contributed by atoms with van der Waals surface area (Å²) in [6.45, 7) is 37.7. The summed E-state index contributed by atoms with van der Waals surface area (Å²) in [4.78, 5) is 72.9. The monoisotopic (exact) mass is 1020 g/mol. The summed E-state index contributed by atoms with van der Waals surface area (Å²) in [5.41, 5.74) is -0.878. The molecule has 414 valence electrons. The van der Waals surface area contributed by atoms with Crippen LogP contribution in [0.3, 0.4) is 0 Å². The fraction of sp³-hybridized carbons (Fsp3) is 0.792. The van der Waals surface area contributed by atoms with Crippen molar-refractivity contribution in [3.05, 3.63) is 29.8 Å². The lowest BCUT2D eigenvalue weighted by Crippen LogP contribution is -2.55. The lowest BCUT2D eigenvalue weighted by atomic mass is 9.85. The minimum atomic E-state index is -0.791. The topological polar surface area (TPSA) is 215 Å². The number of hydrogen-bond acceptors (Lipinski definition) is 17. The molecule has 2 aliphatic heterocycles. The van der Waals surface area contributed by atoms with E-state index in [4.69, 9.17) is 18.9 Å². The van der Waals surface area contributed by atoms with Crippen LogP contribution in [0.25, 0.3) is 0 Å². The highest BCUT2D eigenvalue weighted by Crippen LogP contribution is 2.26. The number of carboxylic acid groups (broad SMARTS) is 2. The molecule has 2 heterocycles. The molecule has 3 rings (SSSR count). The number of nitrogens with zero attached hydrogens (tertiary/aromatic N) is 5. The average Bonchev–Trinajstić information content (AvgIpc) is 3.22. The Morgan fingerprint density at radius 2 is 0.903 bits per heavy atom. The van der Waals surface area contributed by atoms with Gasteiger partial charge in [0.05, 0.1) is 26.3 Å². The van der Waals surface area contributed by atoms with Crippen LogP contribution in [0, 0.1) is 10.8 Å². The highest BCUT2D eigenvalue weighted by Gasteiger charge is 2.38. The molecule has 72 heavy (non-hydrogen) atoms. The fourth-order valence-electron chi connectivity index (χ4n) is 8.96. The first-order valence-corrected chi connectivity index (χ1v) is 26.1. The van der Waals surface area contributed by atoms with Crippen LogP contribution in [0.15, 0.2) is 24.3 Å². The number of ether oxygens (including phenoxy) is 4. The Kier molecular flexibility index (Phi) is 27.7. The average molecular weight is 1020 g/mol. The molecule has 3 atom stereocenters. The second-order valence-corrected chi connectivity index (χ2v) is 22.8. The molecule has 1 aromatic carbocycles. The standard InChI is InChI=1S/C33H56N4O7.C20H40N4O4/c1-9-41-27-13-11-26(12-14-27)23-28(31(40)42-10-2)37-21-19-35(24-29(38)43-32(3,4)5)17-15-34-16-18-36(20-22-37)25-30(39)44-33(6,7)8;1-19(2,3)15(17(25)26)23-11-7-21-9-13-24(14-10-22-8-12-23)16(18(27)28)20(4,5)6/h11-14,28,34H,9-10,15-25H2,1-8H3;15-16,21-22H,7-14H2,1-6H3,(H,25,26)(H,27,28). The lowest BCUT2D eigenvalue weighted by molar-refractivity contribution is -0.157. The summed E-state index contributed by atoms with van der Waals surface area (Å²) < 4.78 is 22.4. The summed E-state index contributed by atoms with van der Waals surface area (Å²) in [5, 5.41) is 29.6. The first-order chi connectivity index (χ1) is 33.5. The van der Waals surface area contributed by atoms with Crippen LogP contribution in [-0.2, 0) is 44.6 Å². The molecule has 19 heteroatoms. The number of carboxylic acids is 2. The van der Waals surface area contributed by atoms with Crippen molar-refractivity contribution >= 4 is 29.8 Å².